The Bertz CT molecular complexity index is 390. The van der Waals surface area contributed by atoms with Crippen molar-refractivity contribution in [2.75, 3.05) is 20.2 Å². The first-order valence-corrected chi connectivity index (χ1v) is 6.08. The molecule has 1 rings (SSSR count). The molecule has 0 atom stereocenters. The summed E-state index contributed by atoms with van der Waals surface area (Å²) in [6, 6.07) is 1.77. The summed E-state index contributed by atoms with van der Waals surface area (Å²) in [5, 5.41) is 1.82. The van der Waals surface area contributed by atoms with Crippen LogP contribution in [0.15, 0.2) is 11.4 Å². The van der Waals surface area contributed by atoms with Gasteiger partial charge in [0.25, 0.3) is 5.91 Å². The van der Waals surface area contributed by atoms with Gasteiger partial charge in [0, 0.05) is 6.54 Å². The number of rotatable bonds is 5. The first-order valence-electron chi connectivity index (χ1n) is 4.79. The molecule has 1 amide bonds. The van der Waals surface area contributed by atoms with Crippen LogP contribution in [0, 0.1) is 0 Å². The van der Waals surface area contributed by atoms with E-state index in [9.17, 15) is 4.79 Å². The van der Waals surface area contributed by atoms with Gasteiger partial charge in [-0.2, -0.15) is 0 Å². The van der Waals surface area contributed by atoms with Crippen LogP contribution >= 0.6 is 23.6 Å². The van der Waals surface area contributed by atoms with Gasteiger partial charge < -0.3 is 15.4 Å². The third-order valence-electron chi connectivity index (χ3n) is 2.06. The average Bonchev–Trinajstić information content (AvgIpc) is 2.72. The minimum atomic E-state index is -0.0952. The zero-order valence-corrected chi connectivity index (χ0v) is 10.9. The fourth-order valence-corrected chi connectivity index (χ4v) is 2.25. The van der Waals surface area contributed by atoms with Crippen LogP contribution in [0.25, 0.3) is 0 Å². The maximum Gasteiger partial charge on any atom is 0.268 e. The van der Waals surface area contributed by atoms with Crippen LogP contribution in [0.4, 0.5) is 0 Å². The van der Waals surface area contributed by atoms with Crippen molar-refractivity contribution in [3.8, 4) is 5.75 Å². The van der Waals surface area contributed by atoms with Crippen molar-refractivity contribution in [3.63, 3.8) is 0 Å². The van der Waals surface area contributed by atoms with Gasteiger partial charge in [-0.05, 0) is 18.4 Å². The maximum atomic E-state index is 12.1. The molecule has 0 fully saturated rings. The molecule has 16 heavy (non-hydrogen) atoms. The average molecular weight is 258 g/mol. The molecule has 6 heteroatoms. The first kappa shape index (κ1) is 12.9. The zero-order valence-electron chi connectivity index (χ0n) is 9.23. The number of hydrogen-bond acceptors (Lipinski definition) is 4. The van der Waals surface area contributed by atoms with Crippen LogP contribution < -0.4 is 10.5 Å². The van der Waals surface area contributed by atoms with Gasteiger partial charge in [0.2, 0.25) is 0 Å². The fourth-order valence-electron chi connectivity index (χ4n) is 1.27. The molecule has 0 aromatic carbocycles. The maximum absolute atomic E-state index is 12.1. The molecule has 4 nitrogen and oxygen atoms in total. The summed E-state index contributed by atoms with van der Waals surface area (Å²) in [4.78, 5) is 14.6. The van der Waals surface area contributed by atoms with Crippen LogP contribution in [0.5, 0.6) is 5.75 Å². The number of nitrogens with two attached hydrogens (primary N) is 1. The molecule has 0 spiro atoms. The lowest BCUT2D eigenvalue weighted by molar-refractivity contribution is 0.0789. The monoisotopic (exact) mass is 258 g/mol. The molecule has 0 unspecified atom stereocenters. The Balaban J connectivity index is 2.86. The molecule has 0 saturated carbocycles. The highest BCUT2D eigenvalue weighted by molar-refractivity contribution is 7.80. The van der Waals surface area contributed by atoms with Crippen molar-refractivity contribution < 1.29 is 9.53 Å². The summed E-state index contributed by atoms with van der Waals surface area (Å²) in [6.07, 6.45) is 0. The van der Waals surface area contributed by atoms with Crippen molar-refractivity contribution in [3.05, 3.63) is 16.3 Å². The van der Waals surface area contributed by atoms with E-state index in [1.807, 2.05) is 12.3 Å². The number of carbonyl (C=O) groups is 1. The van der Waals surface area contributed by atoms with Gasteiger partial charge in [0.15, 0.2) is 0 Å². The van der Waals surface area contributed by atoms with Crippen molar-refractivity contribution in [1.29, 1.82) is 0 Å². The number of carbonyl (C=O) groups excluding carboxylic acids is 1. The highest BCUT2D eigenvalue weighted by Crippen LogP contribution is 2.25. The second-order valence-electron chi connectivity index (χ2n) is 3.10. The number of thiocarbonyl (C=S) groups is 1. The van der Waals surface area contributed by atoms with E-state index in [4.69, 9.17) is 22.7 Å². The van der Waals surface area contributed by atoms with Crippen LogP contribution in [0.2, 0.25) is 0 Å². The van der Waals surface area contributed by atoms with E-state index in [0.29, 0.717) is 28.7 Å². The summed E-state index contributed by atoms with van der Waals surface area (Å²) in [5.41, 5.74) is 5.44. The number of likely N-dealkylation sites (N-methyl/N-ethyl adjacent to an activating group) is 1. The smallest absolute Gasteiger partial charge is 0.268 e. The highest BCUT2D eigenvalue weighted by Gasteiger charge is 2.20. The van der Waals surface area contributed by atoms with Crippen molar-refractivity contribution >= 4 is 34.5 Å². The van der Waals surface area contributed by atoms with E-state index in [2.05, 4.69) is 0 Å². The molecule has 0 aliphatic rings. The molecule has 0 bridgehead atoms. The third kappa shape index (κ3) is 2.93. The molecule has 2 N–H and O–H groups in total. The Hall–Kier alpha value is -1.14. The minimum absolute atomic E-state index is 0.0952. The Labute approximate surface area is 104 Å². The van der Waals surface area contributed by atoms with Gasteiger partial charge in [-0.25, -0.2) is 0 Å². The topological polar surface area (TPSA) is 55.6 Å². The zero-order chi connectivity index (χ0) is 12.1. The normalized spacial score (nSPS) is 9.88. The Morgan fingerprint density at radius 3 is 2.88 bits per heavy atom. The van der Waals surface area contributed by atoms with Crippen LogP contribution in [0.3, 0.4) is 0 Å². The van der Waals surface area contributed by atoms with Gasteiger partial charge in [0.05, 0.1) is 18.6 Å². The van der Waals surface area contributed by atoms with E-state index in [1.165, 1.54) is 11.3 Å². The lowest BCUT2D eigenvalue weighted by atomic mass is 10.3. The number of thiophene rings is 1. The van der Waals surface area contributed by atoms with E-state index in [1.54, 1.807) is 18.1 Å². The third-order valence-corrected chi connectivity index (χ3v) is 3.07. The number of amides is 1. The van der Waals surface area contributed by atoms with Gasteiger partial charge in [-0.15, -0.1) is 11.3 Å². The van der Waals surface area contributed by atoms with E-state index < -0.39 is 0 Å². The standard InChI is InChI=1S/C10H14N2O2S2/c1-3-12(6-8(11)15)10(13)9-7(14-2)4-5-16-9/h4-5H,3,6H2,1-2H3,(H2,11,15). The SMILES string of the molecule is CCN(CC(N)=S)C(=O)c1sccc1OC. The van der Waals surface area contributed by atoms with E-state index in [0.717, 1.165) is 0 Å². The Morgan fingerprint density at radius 2 is 2.38 bits per heavy atom. The quantitative estimate of drug-likeness (QED) is 0.813. The van der Waals surface area contributed by atoms with Crippen LogP contribution in [-0.2, 0) is 0 Å². The number of ether oxygens (including phenoxy) is 1. The fraction of sp³-hybridized carbons (Fsp3) is 0.400. The summed E-state index contributed by atoms with van der Waals surface area (Å²) in [6.45, 7) is 2.75. The van der Waals surface area contributed by atoms with Crippen molar-refractivity contribution in [2.24, 2.45) is 5.73 Å². The van der Waals surface area contributed by atoms with E-state index in [-0.39, 0.29) is 5.91 Å². The predicted molar refractivity (Wildman–Crippen MR) is 69.2 cm³/mol. The second-order valence-corrected chi connectivity index (χ2v) is 4.54. The first-order chi connectivity index (χ1) is 7.60. The predicted octanol–water partition coefficient (Wildman–Crippen LogP) is 1.50. The van der Waals surface area contributed by atoms with E-state index >= 15 is 0 Å². The second kappa shape index (κ2) is 5.81. The Morgan fingerprint density at radius 1 is 1.69 bits per heavy atom. The summed E-state index contributed by atoms with van der Waals surface area (Å²) in [7, 11) is 1.54. The summed E-state index contributed by atoms with van der Waals surface area (Å²) in [5.74, 6) is 0.499. The molecular weight excluding hydrogens is 244 g/mol. The van der Waals surface area contributed by atoms with Crippen LogP contribution in [0.1, 0.15) is 16.6 Å². The molecule has 0 saturated heterocycles. The summed E-state index contributed by atoms with van der Waals surface area (Å²) >= 11 is 6.16. The van der Waals surface area contributed by atoms with Gasteiger partial charge >= 0.3 is 0 Å². The number of nitrogens with zero attached hydrogens (tertiary/aromatic N) is 1. The molecule has 1 aromatic rings. The number of hydrogen-bond donors (Lipinski definition) is 1. The number of methoxy groups -OCH3 is 1. The van der Waals surface area contributed by atoms with Crippen molar-refractivity contribution in [2.45, 2.75) is 6.92 Å². The lowest BCUT2D eigenvalue weighted by Gasteiger charge is -2.19. The highest BCUT2D eigenvalue weighted by atomic mass is 32.1. The Kier molecular flexibility index (Phi) is 4.70. The molecule has 1 aromatic heterocycles. The molecule has 0 radical (unpaired) electrons. The summed E-state index contributed by atoms with van der Waals surface area (Å²) < 4.78 is 5.10. The molecule has 0 aliphatic carbocycles. The van der Waals surface area contributed by atoms with Crippen molar-refractivity contribution in [1.82, 2.24) is 4.90 Å². The van der Waals surface area contributed by atoms with Gasteiger partial charge in [-0.1, -0.05) is 12.2 Å². The molecule has 1 heterocycles. The molecule has 0 aliphatic heterocycles. The lowest BCUT2D eigenvalue weighted by Crippen LogP contribution is -2.37. The van der Waals surface area contributed by atoms with Gasteiger partial charge in [0.1, 0.15) is 10.6 Å². The van der Waals surface area contributed by atoms with Gasteiger partial charge in [-0.3, -0.25) is 4.79 Å². The molecular formula is C10H14N2O2S2. The molecule has 88 valence electrons. The van der Waals surface area contributed by atoms with Crippen LogP contribution in [-0.4, -0.2) is 36.0 Å². The minimum Gasteiger partial charge on any atom is -0.495 e. The largest absolute Gasteiger partial charge is 0.495 e.